The zero-order chi connectivity index (χ0) is 8.27. The fraction of sp³-hybridized carbons (Fsp3) is 0.125. The summed E-state index contributed by atoms with van der Waals surface area (Å²) in [4.78, 5) is 0. The molecule has 1 aromatic carbocycles. The molecule has 0 aliphatic carbocycles. The van der Waals surface area contributed by atoms with Crippen LogP contribution in [-0.4, -0.2) is 0 Å². The van der Waals surface area contributed by atoms with Gasteiger partial charge in [0.25, 0.3) is 0 Å². The van der Waals surface area contributed by atoms with Crippen molar-refractivity contribution in [2.45, 2.75) is 6.54 Å². The standard InChI is InChI=1S/C8H7BrN2/c9-8-2-1-6(4-10)3-7(8)5-11/h1-3H,4,10H2. The Morgan fingerprint density at radius 2 is 2.27 bits per heavy atom. The molecule has 0 heterocycles. The van der Waals surface area contributed by atoms with Crippen molar-refractivity contribution >= 4 is 15.9 Å². The summed E-state index contributed by atoms with van der Waals surface area (Å²) in [6.07, 6.45) is 0. The number of nitriles is 1. The Morgan fingerprint density at radius 1 is 1.55 bits per heavy atom. The van der Waals surface area contributed by atoms with Crippen LogP contribution in [0.25, 0.3) is 0 Å². The van der Waals surface area contributed by atoms with Crippen LogP contribution >= 0.6 is 15.9 Å². The second kappa shape index (κ2) is 3.51. The summed E-state index contributed by atoms with van der Waals surface area (Å²) in [7, 11) is 0. The summed E-state index contributed by atoms with van der Waals surface area (Å²) >= 11 is 3.26. The van der Waals surface area contributed by atoms with Gasteiger partial charge in [-0.15, -0.1) is 0 Å². The Kier molecular flexibility index (Phi) is 2.64. The average molecular weight is 211 g/mol. The van der Waals surface area contributed by atoms with Crippen molar-refractivity contribution in [1.82, 2.24) is 0 Å². The third-order valence-electron chi connectivity index (χ3n) is 1.39. The molecule has 0 aliphatic rings. The zero-order valence-corrected chi connectivity index (χ0v) is 7.43. The van der Waals surface area contributed by atoms with Crippen molar-refractivity contribution < 1.29 is 0 Å². The van der Waals surface area contributed by atoms with Crippen molar-refractivity contribution in [2.75, 3.05) is 0 Å². The largest absolute Gasteiger partial charge is 0.326 e. The normalized spacial score (nSPS) is 9.18. The molecule has 0 unspecified atom stereocenters. The lowest BCUT2D eigenvalue weighted by Gasteiger charge is -1.97. The molecular weight excluding hydrogens is 204 g/mol. The molecular formula is C8H7BrN2. The molecule has 3 heteroatoms. The van der Waals surface area contributed by atoms with E-state index < -0.39 is 0 Å². The Labute approximate surface area is 73.8 Å². The molecule has 0 aromatic heterocycles. The van der Waals surface area contributed by atoms with Gasteiger partial charge in [-0.1, -0.05) is 6.07 Å². The summed E-state index contributed by atoms with van der Waals surface area (Å²) in [5.74, 6) is 0. The molecule has 1 aromatic rings. The second-order valence-corrected chi connectivity index (χ2v) is 2.98. The molecule has 0 saturated heterocycles. The highest BCUT2D eigenvalue weighted by Crippen LogP contribution is 2.16. The van der Waals surface area contributed by atoms with Gasteiger partial charge in [-0.25, -0.2) is 0 Å². The molecule has 11 heavy (non-hydrogen) atoms. The van der Waals surface area contributed by atoms with Crippen molar-refractivity contribution in [3.8, 4) is 6.07 Å². The minimum absolute atomic E-state index is 0.474. The maximum Gasteiger partial charge on any atom is 0.100 e. The van der Waals surface area contributed by atoms with E-state index >= 15 is 0 Å². The van der Waals surface area contributed by atoms with Gasteiger partial charge in [0, 0.05) is 11.0 Å². The summed E-state index contributed by atoms with van der Waals surface area (Å²) in [6, 6.07) is 7.58. The van der Waals surface area contributed by atoms with Crippen LogP contribution in [0.2, 0.25) is 0 Å². The van der Waals surface area contributed by atoms with E-state index in [0.717, 1.165) is 10.0 Å². The summed E-state index contributed by atoms with van der Waals surface area (Å²) < 4.78 is 0.817. The van der Waals surface area contributed by atoms with Crippen molar-refractivity contribution in [3.63, 3.8) is 0 Å². The summed E-state index contributed by atoms with van der Waals surface area (Å²) in [6.45, 7) is 0.474. The smallest absolute Gasteiger partial charge is 0.100 e. The maximum atomic E-state index is 8.62. The monoisotopic (exact) mass is 210 g/mol. The van der Waals surface area contributed by atoms with E-state index in [2.05, 4.69) is 22.0 Å². The van der Waals surface area contributed by atoms with Crippen molar-refractivity contribution in [1.29, 1.82) is 5.26 Å². The van der Waals surface area contributed by atoms with E-state index in [9.17, 15) is 0 Å². The molecule has 0 bridgehead atoms. The number of benzene rings is 1. The first-order chi connectivity index (χ1) is 5.27. The summed E-state index contributed by atoms with van der Waals surface area (Å²) in [5, 5.41) is 8.62. The van der Waals surface area contributed by atoms with E-state index in [4.69, 9.17) is 11.0 Å². The van der Waals surface area contributed by atoms with E-state index in [0.29, 0.717) is 12.1 Å². The third kappa shape index (κ3) is 1.79. The number of rotatable bonds is 1. The molecule has 2 N–H and O–H groups in total. The molecule has 1 rings (SSSR count). The van der Waals surface area contributed by atoms with Gasteiger partial charge < -0.3 is 5.73 Å². The molecule has 56 valence electrons. The fourth-order valence-electron chi connectivity index (χ4n) is 0.785. The van der Waals surface area contributed by atoms with Crippen molar-refractivity contribution in [2.24, 2.45) is 5.73 Å². The number of hydrogen-bond acceptors (Lipinski definition) is 2. The van der Waals surface area contributed by atoms with Crippen LogP contribution in [0.3, 0.4) is 0 Å². The van der Waals surface area contributed by atoms with Crippen LogP contribution in [0.5, 0.6) is 0 Å². The SMILES string of the molecule is N#Cc1cc(CN)ccc1Br. The Balaban J connectivity index is 3.15. The molecule has 0 atom stereocenters. The minimum Gasteiger partial charge on any atom is -0.326 e. The van der Waals surface area contributed by atoms with Gasteiger partial charge in [-0.05, 0) is 33.6 Å². The predicted molar refractivity (Wildman–Crippen MR) is 46.7 cm³/mol. The highest BCUT2D eigenvalue weighted by Gasteiger charge is 1.98. The van der Waals surface area contributed by atoms with Gasteiger partial charge in [0.2, 0.25) is 0 Å². The van der Waals surface area contributed by atoms with Crippen LogP contribution < -0.4 is 5.73 Å². The van der Waals surface area contributed by atoms with Gasteiger partial charge in [-0.2, -0.15) is 5.26 Å². The average Bonchev–Trinajstić information content (AvgIpc) is 2.05. The van der Waals surface area contributed by atoms with Crippen LogP contribution in [-0.2, 0) is 6.54 Å². The van der Waals surface area contributed by atoms with E-state index in [1.807, 2.05) is 12.1 Å². The van der Waals surface area contributed by atoms with E-state index in [1.54, 1.807) is 6.07 Å². The van der Waals surface area contributed by atoms with Crippen LogP contribution in [0.15, 0.2) is 22.7 Å². The lowest BCUT2D eigenvalue weighted by molar-refractivity contribution is 1.07. The lowest BCUT2D eigenvalue weighted by Crippen LogP contribution is -1.96. The first-order valence-electron chi connectivity index (χ1n) is 3.16. The van der Waals surface area contributed by atoms with Gasteiger partial charge in [0.15, 0.2) is 0 Å². The molecule has 0 fully saturated rings. The van der Waals surface area contributed by atoms with Gasteiger partial charge in [0.1, 0.15) is 6.07 Å². The lowest BCUT2D eigenvalue weighted by atomic mass is 10.1. The second-order valence-electron chi connectivity index (χ2n) is 2.13. The first kappa shape index (κ1) is 8.25. The number of nitrogens with zero attached hydrogens (tertiary/aromatic N) is 1. The number of nitrogens with two attached hydrogens (primary N) is 1. The molecule has 0 spiro atoms. The minimum atomic E-state index is 0.474. The molecule has 0 aliphatic heterocycles. The van der Waals surface area contributed by atoms with Gasteiger partial charge >= 0.3 is 0 Å². The van der Waals surface area contributed by atoms with E-state index in [1.165, 1.54) is 0 Å². The fourth-order valence-corrected chi connectivity index (χ4v) is 1.12. The highest BCUT2D eigenvalue weighted by molar-refractivity contribution is 9.10. The molecule has 0 amide bonds. The summed E-state index contributed by atoms with van der Waals surface area (Å²) in [5.41, 5.74) is 7.01. The first-order valence-corrected chi connectivity index (χ1v) is 3.96. The quantitative estimate of drug-likeness (QED) is 0.769. The zero-order valence-electron chi connectivity index (χ0n) is 5.84. The maximum absolute atomic E-state index is 8.62. The van der Waals surface area contributed by atoms with Crippen molar-refractivity contribution in [3.05, 3.63) is 33.8 Å². The molecule has 2 nitrogen and oxygen atoms in total. The molecule has 0 radical (unpaired) electrons. The van der Waals surface area contributed by atoms with Crippen LogP contribution in [0.1, 0.15) is 11.1 Å². The van der Waals surface area contributed by atoms with Gasteiger partial charge in [-0.3, -0.25) is 0 Å². The van der Waals surface area contributed by atoms with Crippen LogP contribution in [0, 0.1) is 11.3 Å². The molecule has 0 saturated carbocycles. The topological polar surface area (TPSA) is 49.8 Å². The highest BCUT2D eigenvalue weighted by atomic mass is 79.9. The third-order valence-corrected chi connectivity index (χ3v) is 2.08. The van der Waals surface area contributed by atoms with Gasteiger partial charge in [0.05, 0.1) is 5.56 Å². The Morgan fingerprint density at radius 3 is 2.82 bits per heavy atom. The number of halogens is 1. The Hall–Kier alpha value is -0.850. The van der Waals surface area contributed by atoms with E-state index in [-0.39, 0.29) is 0 Å². The van der Waals surface area contributed by atoms with Crippen LogP contribution in [0.4, 0.5) is 0 Å². The number of hydrogen-bond donors (Lipinski definition) is 1. The predicted octanol–water partition coefficient (Wildman–Crippen LogP) is 1.78. The Bertz CT molecular complexity index is 301.